The molecular weight excluding hydrogens is 362 g/mol. The molecule has 7 nitrogen and oxygen atoms in total. The minimum atomic E-state index is -3.77. The Kier molecular flexibility index (Phi) is 5.50. The van der Waals surface area contributed by atoms with Crippen molar-refractivity contribution in [2.45, 2.75) is 42.0 Å². The molecule has 2 heterocycles. The third-order valence-corrected chi connectivity index (χ3v) is 8.33. The second kappa shape index (κ2) is 7.32. The van der Waals surface area contributed by atoms with Crippen molar-refractivity contribution in [3.63, 3.8) is 0 Å². The number of rotatable bonds is 5. The highest BCUT2D eigenvalue weighted by Crippen LogP contribution is 2.23. The molecule has 0 aliphatic carbocycles. The average molecular weight is 388 g/mol. The van der Waals surface area contributed by atoms with E-state index in [0.29, 0.717) is 19.6 Å². The largest absolute Gasteiger partial charge is 0.315 e. The van der Waals surface area contributed by atoms with Crippen LogP contribution in [-0.4, -0.2) is 53.4 Å². The van der Waals surface area contributed by atoms with Gasteiger partial charge in [0.15, 0.2) is 0 Å². The Labute approximate surface area is 149 Å². The number of benzene rings is 1. The Balaban J connectivity index is 1.85. The fourth-order valence-corrected chi connectivity index (χ4v) is 6.32. The molecule has 0 saturated carbocycles. The van der Waals surface area contributed by atoms with Crippen molar-refractivity contribution in [3.8, 4) is 0 Å². The second-order valence-corrected chi connectivity index (χ2v) is 10.4. The van der Waals surface area contributed by atoms with Crippen LogP contribution < -0.4 is 10.0 Å². The number of sulfonamides is 2. The quantitative estimate of drug-likeness (QED) is 0.777. The third kappa shape index (κ3) is 4.06. The summed E-state index contributed by atoms with van der Waals surface area (Å²) >= 11 is 0. The van der Waals surface area contributed by atoms with Crippen LogP contribution in [0.2, 0.25) is 0 Å². The topological polar surface area (TPSA) is 95.6 Å². The highest BCUT2D eigenvalue weighted by molar-refractivity contribution is 7.90. The zero-order valence-electron chi connectivity index (χ0n) is 14.3. The Morgan fingerprint density at radius 3 is 2.48 bits per heavy atom. The van der Waals surface area contributed by atoms with E-state index < -0.39 is 20.0 Å². The molecule has 2 N–H and O–H groups in total. The smallest absolute Gasteiger partial charge is 0.243 e. The molecule has 2 fully saturated rings. The number of nitrogens with zero attached hydrogens (tertiary/aromatic N) is 1. The molecule has 0 amide bonds. The van der Waals surface area contributed by atoms with Crippen molar-refractivity contribution in [2.75, 3.05) is 26.2 Å². The van der Waals surface area contributed by atoms with Gasteiger partial charge in [0.1, 0.15) is 0 Å². The normalized spacial score (nSPS) is 26.0. The number of piperidine rings is 1. The average Bonchev–Trinajstić information content (AvgIpc) is 3.12. The zero-order valence-corrected chi connectivity index (χ0v) is 15.9. The van der Waals surface area contributed by atoms with Crippen molar-refractivity contribution in [1.82, 2.24) is 14.3 Å². The van der Waals surface area contributed by atoms with Gasteiger partial charge < -0.3 is 5.32 Å². The number of hydrogen-bond acceptors (Lipinski definition) is 5. The van der Waals surface area contributed by atoms with Gasteiger partial charge in [-0.3, -0.25) is 0 Å². The molecule has 140 valence electrons. The molecule has 2 saturated heterocycles. The van der Waals surface area contributed by atoms with Crippen LogP contribution in [0.3, 0.4) is 0 Å². The first-order chi connectivity index (χ1) is 11.8. The van der Waals surface area contributed by atoms with Crippen LogP contribution in [0, 0.1) is 5.92 Å². The summed E-state index contributed by atoms with van der Waals surface area (Å²) in [7, 11) is -7.41. The minimum absolute atomic E-state index is 0.00875. The predicted octanol–water partition coefficient (Wildman–Crippen LogP) is 0.747. The summed E-state index contributed by atoms with van der Waals surface area (Å²) in [5.74, 6) is 0.229. The molecule has 0 spiro atoms. The first-order valence-electron chi connectivity index (χ1n) is 8.64. The molecule has 2 aliphatic rings. The van der Waals surface area contributed by atoms with E-state index in [9.17, 15) is 16.8 Å². The molecule has 1 aromatic carbocycles. The molecule has 0 aromatic heterocycles. The van der Waals surface area contributed by atoms with Crippen molar-refractivity contribution >= 4 is 20.0 Å². The molecule has 3 rings (SSSR count). The lowest BCUT2D eigenvalue weighted by Gasteiger charge is -2.30. The van der Waals surface area contributed by atoms with Gasteiger partial charge in [0, 0.05) is 25.7 Å². The first kappa shape index (κ1) is 18.8. The lowest BCUT2D eigenvalue weighted by Crippen LogP contribution is -2.50. The molecule has 2 aliphatic heterocycles. The number of hydrogen-bond donors (Lipinski definition) is 2. The maximum atomic E-state index is 12.7. The minimum Gasteiger partial charge on any atom is -0.315 e. The molecule has 0 bridgehead atoms. The summed E-state index contributed by atoms with van der Waals surface area (Å²) in [6.45, 7) is 4.45. The summed E-state index contributed by atoms with van der Waals surface area (Å²) in [6.07, 6.45) is 2.58. The van der Waals surface area contributed by atoms with E-state index in [2.05, 4.69) is 10.0 Å². The van der Waals surface area contributed by atoms with Gasteiger partial charge in [0.05, 0.1) is 9.79 Å². The number of nitrogens with one attached hydrogen (secondary N) is 2. The molecule has 1 aromatic rings. The first-order valence-corrected chi connectivity index (χ1v) is 11.6. The van der Waals surface area contributed by atoms with Gasteiger partial charge >= 0.3 is 0 Å². The van der Waals surface area contributed by atoms with E-state index in [1.165, 1.54) is 28.6 Å². The monoisotopic (exact) mass is 387 g/mol. The van der Waals surface area contributed by atoms with Crippen LogP contribution in [0.25, 0.3) is 0 Å². The van der Waals surface area contributed by atoms with E-state index in [0.717, 1.165) is 25.8 Å². The summed E-state index contributed by atoms with van der Waals surface area (Å²) in [4.78, 5) is 0.0256. The lowest BCUT2D eigenvalue weighted by molar-refractivity contribution is 0.327. The Morgan fingerprint density at radius 2 is 1.80 bits per heavy atom. The van der Waals surface area contributed by atoms with Crippen molar-refractivity contribution in [3.05, 3.63) is 24.3 Å². The Hall–Kier alpha value is -1.00. The Morgan fingerprint density at radius 1 is 1.12 bits per heavy atom. The molecule has 0 radical (unpaired) electrons. The third-order valence-electron chi connectivity index (χ3n) is 4.95. The maximum Gasteiger partial charge on any atom is 0.243 e. The highest BCUT2D eigenvalue weighted by Gasteiger charge is 2.30. The van der Waals surface area contributed by atoms with Crippen LogP contribution >= 0.6 is 0 Å². The van der Waals surface area contributed by atoms with Gasteiger partial charge in [-0.15, -0.1) is 0 Å². The van der Waals surface area contributed by atoms with Gasteiger partial charge in [0.25, 0.3) is 0 Å². The summed E-state index contributed by atoms with van der Waals surface area (Å²) in [6, 6.07) is 5.44. The standard InChI is InChI=1S/C16H25N3O4S2/c1-13-7-8-17-12-16(13)18-24(20,21)14-5-4-6-15(11-14)25(22,23)19-9-2-3-10-19/h4-6,11,13,16-18H,2-3,7-10,12H2,1H3. The van der Waals surface area contributed by atoms with Gasteiger partial charge in [-0.1, -0.05) is 13.0 Å². The van der Waals surface area contributed by atoms with E-state index in [-0.39, 0.29) is 21.8 Å². The zero-order chi connectivity index (χ0) is 18.1. The van der Waals surface area contributed by atoms with E-state index in [4.69, 9.17) is 0 Å². The van der Waals surface area contributed by atoms with Gasteiger partial charge in [-0.25, -0.2) is 21.6 Å². The second-order valence-electron chi connectivity index (χ2n) is 6.78. The molecule has 2 atom stereocenters. The maximum absolute atomic E-state index is 12.7. The molecule has 2 unspecified atom stereocenters. The van der Waals surface area contributed by atoms with Crippen molar-refractivity contribution in [2.24, 2.45) is 5.92 Å². The van der Waals surface area contributed by atoms with Gasteiger partial charge in [-0.2, -0.15) is 4.31 Å². The summed E-state index contributed by atoms with van der Waals surface area (Å²) < 4.78 is 54.8. The molecule has 25 heavy (non-hydrogen) atoms. The van der Waals surface area contributed by atoms with E-state index in [1.54, 1.807) is 0 Å². The predicted molar refractivity (Wildman–Crippen MR) is 95.2 cm³/mol. The molecular formula is C16H25N3O4S2. The van der Waals surface area contributed by atoms with Crippen LogP contribution in [0.15, 0.2) is 34.1 Å². The van der Waals surface area contributed by atoms with Gasteiger partial charge in [0.2, 0.25) is 20.0 Å². The van der Waals surface area contributed by atoms with Crippen LogP contribution in [0.5, 0.6) is 0 Å². The lowest BCUT2D eigenvalue weighted by atomic mass is 9.96. The summed E-state index contributed by atoms with van der Waals surface area (Å²) in [5, 5.41) is 3.18. The van der Waals surface area contributed by atoms with Crippen LogP contribution in [0.1, 0.15) is 26.2 Å². The SMILES string of the molecule is CC1CCNCC1NS(=O)(=O)c1cccc(S(=O)(=O)N2CCCC2)c1. The van der Waals surface area contributed by atoms with Crippen LogP contribution in [-0.2, 0) is 20.0 Å². The van der Waals surface area contributed by atoms with E-state index in [1.807, 2.05) is 6.92 Å². The van der Waals surface area contributed by atoms with Crippen molar-refractivity contribution < 1.29 is 16.8 Å². The summed E-state index contributed by atoms with van der Waals surface area (Å²) in [5.41, 5.74) is 0. The van der Waals surface area contributed by atoms with Gasteiger partial charge in [-0.05, 0) is 49.9 Å². The fourth-order valence-electron chi connectivity index (χ4n) is 3.29. The molecule has 9 heteroatoms. The Bertz CT molecular complexity index is 818. The van der Waals surface area contributed by atoms with Crippen LogP contribution in [0.4, 0.5) is 0 Å². The van der Waals surface area contributed by atoms with E-state index >= 15 is 0 Å². The fraction of sp³-hybridized carbons (Fsp3) is 0.625. The van der Waals surface area contributed by atoms with Crippen molar-refractivity contribution in [1.29, 1.82) is 0 Å². The highest BCUT2D eigenvalue weighted by atomic mass is 32.2.